The van der Waals surface area contributed by atoms with Crippen LogP contribution in [-0.2, 0) is 12.0 Å². The number of amides is 2. The highest BCUT2D eigenvalue weighted by Crippen LogP contribution is 2.21. The van der Waals surface area contributed by atoms with Gasteiger partial charge in [-0.1, -0.05) is 0 Å². The van der Waals surface area contributed by atoms with E-state index in [1.165, 1.54) is 6.92 Å². The highest BCUT2D eigenvalue weighted by Gasteiger charge is 2.27. The van der Waals surface area contributed by atoms with E-state index in [1.807, 2.05) is 0 Å². The first kappa shape index (κ1) is 17.9. The molecule has 0 fully saturated rings. The molecule has 1 unspecified atom stereocenters. The van der Waals surface area contributed by atoms with Crippen LogP contribution >= 0.6 is 0 Å². The summed E-state index contributed by atoms with van der Waals surface area (Å²) in [4.78, 5) is 11.7. The summed E-state index contributed by atoms with van der Waals surface area (Å²) >= 11 is 0. The van der Waals surface area contributed by atoms with E-state index in [2.05, 4.69) is 10.6 Å². The standard InChI is InChI=1S/C17H20F2N2O3/c1-11-3-6-15(24-11)17(2,23)10-21-16(22)20-8-7-12-9-13(18)4-5-14(12)19/h3-6,9,23H,7-8,10H2,1-2H3,(H2,20,21,22). The topological polar surface area (TPSA) is 74.5 Å². The molecule has 5 nitrogen and oxygen atoms in total. The zero-order valence-electron chi connectivity index (χ0n) is 13.5. The molecule has 2 amide bonds. The molecule has 0 bridgehead atoms. The van der Waals surface area contributed by atoms with Crippen molar-refractivity contribution in [2.75, 3.05) is 13.1 Å². The molecule has 24 heavy (non-hydrogen) atoms. The molecule has 1 aromatic carbocycles. The summed E-state index contributed by atoms with van der Waals surface area (Å²) in [6.07, 6.45) is 0.158. The summed E-state index contributed by atoms with van der Waals surface area (Å²) in [5.74, 6) is -0.0376. The van der Waals surface area contributed by atoms with E-state index in [9.17, 15) is 18.7 Å². The number of urea groups is 1. The molecule has 1 heterocycles. The molecule has 0 radical (unpaired) electrons. The van der Waals surface area contributed by atoms with Crippen LogP contribution in [0.2, 0.25) is 0 Å². The Labute approximate surface area is 138 Å². The smallest absolute Gasteiger partial charge is 0.314 e. The van der Waals surface area contributed by atoms with E-state index >= 15 is 0 Å². The maximum absolute atomic E-state index is 13.4. The molecule has 2 aromatic rings. The Kier molecular flexibility index (Phi) is 5.56. The Morgan fingerprint density at radius 1 is 1.25 bits per heavy atom. The summed E-state index contributed by atoms with van der Waals surface area (Å²) in [6, 6.07) is 6.03. The third kappa shape index (κ3) is 4.79. The fraction of sp³-hybridized carbons (Fsp3) is 0.353. The molecule has 0 saturated carbocycles. The second kappa shape index (κ2) is 7.44. The predicted molar refractivity (Wildman–Crippen MR) is 84.5 cm³/mol. The Balaban J connectivity index is 1.78. The van der Waals surface area contributed by atoms with Crippen molar-refractivity contribution in [2.45, 2.75) is 25.9 Å². The van der Waals surface area contributed by atoms with Crippen molar-refractivity contribution in [2.24, 2.45) is 0 Å². The third-order valence-corrected chi connectivity index (χ3v) is 3.55. The van der Waals surface area contributed by atoms with Crippen molar-refractivity contribution in [3.63, 3.8) is 0 Å². The van der Waals surface area contributed by atoms with Crippen LogP contribution in [0.4, 0.5) is 13.6 Å². The molecule has 1 aromatic heterocycles. The van der Waals surface area contributed by atoms with E-state index in [0.717, 1.165) is 18.2 Å². The van der Waals surface area contributed by atoms with Crippen LogP contribution in [0.25, 0.3) is 0 Å². The van der Waals surface area contributed by atoms with Gasteiger partial charge in [0.05, 0.1) is 6.54 Å². The summed E-state index contributed by atoms with van der Waals surface area (Å²) < 4.78 is 31.8. The highest BCUT2D eigenvalue weighted by molar-refractivity contribution is 5.73. The lowest BCUT2D eigenvalue weighted by atomic mass is 10.0. The van der Waals surface area contributed by atoms with E-state index in [4.69, 9.17) is 4.42 Å². The van der Waals surface area contributed by atoms with E-state index in [-0.39, 0.29) is 25.1 Å². The first-order chi connectivity index (χ1) is 11.3. The maximum Gasteiger partial charge on any atom is 0.314 e. The fourth-order valence-electron chi connectivity index (χ4n) is 2.17. The SMILES string of the molecule is Cc1ccc(C(C)(O)CNC(=O)NCCc2cc(F)ccc2F)o1. The quantitative estimate of drug-likeness (QED) is 0.758. The van der Waals surface area contributed by atoms with Crippen LogP contribution in [-0.4, -0.2) is 24.2 Å². The number of nitrogens with one attached hydrogen (secondary N) is 2. The van der Waals surface area contributed by atoms with E-state index in [0.29, 0.717) is 11.5 Å². The van der Waals surface area contributed by atoms with Crippen molar-refractivity contribution < 1.29 is 23.1 Å². The maximum atomic E-state index is 13.4. The Bertz CT molecular complexity index is 714. The summed E-state index contributed by atoms with van der Waals surface area (Å²) in [5, 5.41) is 15.3. The Morgan fingerprint density at radius 3 is 2.67 bits per heavy atom. The Morgan fingerprint density at radius 2 is 2.00 bits per heavy atom. The first-order valence-electron chi connectivity index (χ1n) is 7.53. The van der Waals surface area contributed by atoms with Gasteiger partial charge < -0.3 is 20.2 Å². The van der Waals surface area contributed by atoms with Gasteiger partial charge in [0.25, 0.3) is 0 Å². The lowest BCUT2D eigenvalue weighted by molar-refractivity contribution is 0.0360. The molecule has 1 atom stereocenters. The number of halogens is 2. The van der Waals surface area contributed by atoms with Gasteiger partial charge in [-0.3, -0.25) is 0 Å². The van der Waals surface area contributed by atoms with Crippen molar-refractivity contribution in [3.8, 4) is 0 Å². The molecule has 0 spiro atoms. The van der Waals surface area contributed by atoms with Crippen molar-refractivity contribution in [1.29, 1.82) is 0 Å². The molecular weight excluding hydrogens is 318 g/mol. The largest absolute Gasteiger partial charge is 0.463 e. The van der Waals surface area contributed by atoms with Crippen LogP contribution in [0.3, 0.4) is 0 Å². The van der Waals surface area contributed by atoms with Gasteiger partial charge in [0.2, 0.25) is 0 Å². The number of benzene rings is 1. The average Bonchev–Trinajstić information content (AvgIpc) is 2.96. The number of hydrogen-bond acceptors (Lipinski definition) is 3. The van der Waals surface area contributed by atoms with Gasteiger partial charge in [0.1, 0.15) is 28.8 Å². The predicted octanol–water partition coefficient (Wildman–Crippen LogP) is 2.62. The van der Waals surface area contributed by atoms with Crippen LogP contribution in [0.5, 0.6) is 0 Å². The minimum absolute atomic E-state index is 0.0554. The number of carbonyl (C=O) groups excluding carboxylic acids is 1. The van der Waals surface area contributed by atoms with Crippen molar-refractivity contribution in [3.05, 3.63) is 59.1 Å². The van der Waals surface area contributed by atoms with Gasteiger partial charge in [-0.2, -0.15) is 0 Å². The van der Waals surface area contributed by atoms with Crippen molar-refractivity contribution in [1.82, 2.24) is 10.6 Å². The van der Waals surface area contributed by atoms with Gasteiger partial charge in [-0.15, -0.1) is 0 Å². The number of rotatable bonds is 6. The number of hydrogen-bond donors (Lipinski definition) is 3. The van der Waals surface area contributed by atoms with Gasteiger partial charge in [-0.25, -0.2) is 13.6 Å². The zero-order valence-corrected chi connectivity index (χ0v) is 13.5. The number of aryl methyl sites for hydroxylation is 1. The second-order valence-electron chi connectivity index (χ2n) is 5.78. The molecule has 2 rings (SSSR count). The minimum Gasteiger partial charge on any atom is -0.463 e. The third-order valence-electron chi connectivity index (χ3n) is 3.55. The molecule has 0 aliphatic carbocycles. The number of furan rings is 1. The van der Waals surface area contributed by atoms with Crippen LogP contribution < -0.4 is 10.6 Å². The first-order valence-corrected chi connectivity index (χ1v) is 7.53. The monoisotopic (exact) mass is 338 g/mol. The normalized spacial score (nSPS) is 13.4. The van der Waals surface area contributed by atoms with Gasteiger partial charge >= 0.3 is 6.03 Å². The molecule has 0 aliphatic rings. The molecule has 7 heteroatoms. The summed E-state index contributed by atoms with van der Waals surface area (Å²) in [7, 11) is 0. The van der Waals surface area contributed by atoms with Crippen LogP contribution in [0.1, 0.15) is 24.0 Å². The van der Waals surface area contributed by atoms with E-state index in [1.54, 1.807) is 19.1 Å². The molecular formula is C17H20F2N2O3. The average molecular weight is 338 g/mol. The zero-order chi connectivity index (χ0) is 17.7. The summed E-state index contributed by atoms with van der Waals surface area (Å²) in [6.45, 7) is 3.35. The van der Waals surface area contributed by atoms with Gasteiger partial charge in [-0.05, 0) is 56.2 Å². The molecule has 0 aliphatic heterocycles. The van der Waals surface area contributed by atoms with Crippen LogP contribution in [0, 0.1) is 18.6 Å². The Hall–Kier alpha value is -2.41. The highest BCUT2D eigenvalue weighted by atomic mass is 19.1. The lowest BCUT2D eigenvalue weighted by Crippen LogP contribution is -2.43. The van der Waals surface area contributed by atoms with Gasteiger partial charge in [0.15, 0.2) is 0 Å². The van der Waals surface area contributed by atoms with Crippen molar-refractivity contribution >= 4 is 6.03 Å². The minimum atomic E-state index is -1.35. The van der Waals surface area contributed by atoms with Gasteiger partial charge in [0, 0.05) is 6.54 Å². The lowest BCUT2D eigenvalue weighted by Gasteiger charge is -2.21. The van der Waals surface area contributed by atoms with E-state index < -0.39 is 23.3 Å². The number of carbonyl (C=O) groups is 1. The number of aliphatic hydroxyl groups is 1. The second-order valence-corrected chi connectivity index (χ2v) is 5.78. The van der Waals surface area contributed by atoms with Crippen LogP contribution in [0.15, 0.2) is 34.7 Å². The summed E-state index contributed by atoms with van der Waals surface area (Å²) in [5.41, 5.74) is -1.16. The molecule has 3 N–H and O–H groups in total. The molecule has 0 saturated heterocycles. The fourth-order valence-corrected chi connectivity index (χ4v) is 2.17. The molecule has 130 valence electrons.